The second kappa shape index (κ2) is 3.41. The first kappa shape index (κ1) is 8.50. The Morgan fingerprint density at radius 2 is 2.29 bits per heavy atom. The summed E-state index contributed by atoms with van der Waals surface area (Å²) >= 11 is 0. The standard InChI is InChI=1S/C11H17N3/c1-2-10(13-5-1)11-8-12-6-7-14(11)9-3-4-9/h1-2,5,9,11-13H,3-4,6-8H2. The van der Waals surface area contributed by atoms with Crippen LogP contribution >= 0.6 is 0 Å². The van der Waals surface area contributed by atoms with Crippen LogP contribution in [0.3, 0.4) is 0 Å². The zero-order valence-electron chi connectivity index (χ0n) is 8.37. The molecule has 0 spiro atoms. The highest BCUT2D eigenvalue weighted by Crippen LogP contribution is 2.34. The largest absolute Gasteiger partial charge is 0.364 e. The van der Waals surface area contributed by atoms with Gasteiger partial charge >= 0.3 is 0 Å². The van der Waals surface area contributed by atoms with Crippen molar-refractivity contribution in [2.45, 2.75) is 24.9 Å². The smallest absolute Gasteiger partial charge is 0.0627 e. The molecule has 0 bridgehead atoms. The zero-order valence-corrected chi connectivity index (χ0v) is 8.37. The van der Waals surface area contributed by atoms with Crippen LogP contribution in [0, 0.1) is 0 Å². The lowest BCUT2D eigenvalue weighted by Crippen LogP contribution is -2.47. The number of rotatable bonds is 2. The van der Waals surface area contributed by atoms with Crippen molar-refractivity contribution in [3.8, 4) is 0 Å². The molecule has 14 heavy (non-hydrogen) atoms. The minimum atomic E-state index is 0.575. The third-order valence-electron chi connectivity index (χ3n) is 3.28. The monoisotopic (exact) mass is 191 g/mol. The maximum atomic E-state index is 3.47. The molecule has 0 amide bonds. The van der Waals surface area contributed by atoms with Gasteiger partial charge in [-0.3, -0.25) is 4.90 Å². The van der Waals surface area contributed by atoms with Crippen LogP contribution in [0.5, 0.6) is 0 Å². The summed E-state index contributed by atoms with van der Waals surface area (Å²) in [5, 5.41) is 3.47. The van der Waals surface area contributed by atoms with Gasteiger partial charge in [0.25, 0.3) is 0 Å². The highest BCUT2D eigenvalue weighted by atomic mass is 15.3. The van der Waals surface area contributed by atoms with E-state index in [1.165, 1.54) is 25.1 Å². The number of H-pyrrole nitrogens is 1. The molecule has 2 aliphatic rings. The highest BCUT2D eigenvalue weighted by Gasteiger charge is 2.36. The molecule has 1 aliphatic carbocycles. The molecule has 3 heteroatoms. The van der Waals surface area contributed by atoms with E-state index in [0.717, 1.165) is 19.1 Å². The van der Waals surface area contributed by atoms with E-state index in [1.807, 2.05) is 6.20 Å². The van der Waals surface area contributed by atoms with E-state index in [0.29, 0.717) is 6.04 Å². The van der Waals surface area contributed by atoms with Crippen LogP contribution in [0.15, 0.2) is 18.3 Å². The summed E-state index contributed by atoms with van der Waals surface area (Å²) in [5.41, 5.74) is 1.36. The van der Waals surface area contributed by atoms with Crippen LogP contribution in [0.4, 0.5) is 0 Å². The van der Waals surface area contributed by atoms with Gasteiger partial charge in [-0.05, 0) is 25.0 Å². The second-order valence-electron chi connectivity index (χ2n) is 4.31. The fraction of sp³-hybridized carbons (Fsp3) is 0.636. The molecule has 0 radical (unpaired) electrons. The SMILES string of the molecule is c1c[nH]c(C2CNCCN2C2CC2)c1. The summed E-state index contributed by atoms with van der Waals surface area (Å²) in [6.07, 6.45) is 4.82. The van der Waals surface area contributed by atoms with Crippen molar-refractivity contribution in [1.29, 1.82) is 0 Å². The first-order chi connectivity index (χ1) is 6.95. The van der Waals surface area contributed by atoms with Crippen LogP contribution in [-0.4, -0.2) is 35.6 Å². The number of nitrogens with one attached hydrogen (secondary N) is 2. The van der Waals surface area contributed by atoms with E-state index < -0.39 is 0 Å². The van der Waals surface area contributed by atoms with Gasteiger partial charge in [-0.15, -0.1) is 0 Å². The summed E-state index contributed by atoms with van der Waals surface area (Å²) < 4.78 is 0. The molecule has 1 unspecified atom stereocenters. The van der Waals surface area contributed by atoms with Gasteiger partial charge in [0.2, 0.25) is 0 Å². The van der Waals surface area contributed by atoms with Crippen LogP contribution in [0.2, 0.25) is 0 Å². The Balaban J connectivity index is 1.80. The van der Waals surface area contributed by atoms with Gasteiger partial charge in [0.1, 0.15) is 0 Å². The Morgan fingerprint density at radius 1 is 1.36 bits per heavy atom. The first-order valence-electron chi connectivity index (χ1n) is 5.55. The van der Waals surface area contributed by atoms with Crippen molar-refractivity contribution < 1.29 is 0 Å². The van der Waals surface area contributed by atoms with Crippen LogP contribution in [-0.2, 0) is 0 Å². The lowest BCUT2D eigenvalue weighted by molar-refractivity contribution is 0.150. The maximum absolute atomic E-state index is 3.47. The van der Waals surface area contributed by atoms with Gasteiger partial charge in [0.05, 0.1) is 6.04 Å². The summed E-state index contributed by atoms with van der Waals surface area (Å²) in [5.74, 6) is 0. The van der Waals surface area contributed by atoms with E-state index in [9.17, 15) is 0 Å². The number of piperazine rings is 1. The average Bonchev–Trinajstić information content (AvgIpc) is 2.94. The molecular formula is C11H17N3. The number of hydrogen-bond donors (Lipinski definition) is 2. The van der Waals surface area contributed by atoms with E-state index >= 15 is 0 Å². The lowest BCUT2D eigenvalue weighted by atomic mass is 10.1. The van der Waals surface area contributed by atoms with E-state index in [4.69, 9.17) is 0 Å². The van der Waals surface area contributed by atoms with Crippen molar-refractivity contribution in [1.82, 2.24) is 15.2 Å². The number of nitrogens with zero attached hydrogens (tertiary/aromatic N) is 1. The quantitative estimate of drug-likeness (QED) is 0.734. The van der Waals surface area contributed by atoms with Crippen molar-refractivity contribution in [3.05, 3.63) is 24.0 Å². The minimum Gasteiger partial charge on any atom is -0.364 e. The summed E-state index contributed by atoms with van der Waals surface area (Å²) in [7, 11) is 0. The Bertz CT molecular complexity index is 289. The predicted octanol–water partition coefficient (Wildman–Crippen LogP) is 1.12. The third-order valence-corrected chi connectivity index (χ3v) is 3.28. The predicted molar refractivity (Wildman–Crippen MR) is 56.1 cm³/mol. The average molecular weight is 191 g/mol. The molecule has 2 heterocycles. The van der Waals surface area contributed by atoms with Gasteiger partial charge < -0.3 is 10.3 Å². The Kier molecular flexibility index (Phi) is 2.07. The summed E-state index contributed by atoms with van der Waals surface area (Å²) in [4.78, 5) is 5.99. The first-order valence-corrected chi connectivity index (χ1v) is 5.55. The molecule has 2 N–H and O–H groups in total. The van der Waals surface area contributed by atoms with E-state index in [1.54, 1.807) is 0 Å². The van der Waals surface area contributed by atoms with Crippen molar-refractivity contribution in [2.24, 2.45) is 0 Å². The van der Waals surface area contributed by atoms with Gasteiger partial charge in [-0.25, -0.2) is 0 Å². The number of aromatic nitrogens is 1. The Labute approximate surface area is 84.5 Å². The molecule has 3 rings (SSSR count). The topological polar surface area (TPSA) is 31.1 Å². The number of hydrogen-bond acceptors (Lipinski definition) is 2. The normalized spacial score (nSPS) is 29.3. The lowest BCUT2D eigenvalue weighted by Gasteiger charge is -2.35. The Morgan fingerprint density at radius 3 is 3.00 bits per heavy atom. The third kappa shape index (κ3) is 1.47. The molecular weight excluding hydrogens is 174 g/mol. The molecule has 1 aromatic heterocycles. The Hall–Kier alpha value is -0.800. The maximum Gasteiger partial charge on any atom is 0.0627 e. The van der Waals surface area contributed by atoms with Crippen LogP contribution in [0.25, 0.3) is 0 Å². The molecule has 1 atom stereocenters. The summed E-state index contributed by atoms with van der Waals surface area (Å²) in [6, 6.07) is 5.74. The van der Waals surface area contributed by atoms with Crippen LogP contribution < -0.4 is 5.32 Å². The van der Waals surface area contributed by atoms with Crippen molar-refractivity contribution in [3.63, 3.8) is 0 Å². The molecule has 76 valence electrons. The van der Waals surface area contributed by atoms with Gasteiger partial charge in [0.15, 0.2) is 0 Å². The van der Waals surface area contributed by atoms with Gasteiger partial charge in [-0.2, -0.15) is 0 Å². The molecule has 2 fully saturated rings. The molecule has 1 aliphatic heterocycles. The zero-order chi connectivity index (χ0) is 9.38. The molecule has 1 saturated carbocycles. The highest BCUT2D eigenvalue weighted by molar-refractivity contribution is 5.12. The molecule has 1 aromatic rings. The fourth-order valence-electron chi connectivity index (χ4n) is 2.40. The van der Waals surface area contributed by atoms with Gasteiger partial charge in [0, 0.05) is 37.6 Å². The number of aromatic amines is 1. The summed E-state index contributed by atoms with van der Waals surface area (Å²) in [6.45, 7) is 3.44. The van der Waals surface area contributed by atoms with Gasteiger partial charge in [-0.1, -0.05) is 0 Å². The molecule has 3 nitrogen and oxygen atoms in total. The van der Waals surface area contributed by atoms with Crippen molar-refractivity contribution in [2.75, 3.05) is 19.6 Å². The van der Waals surface area contributed by atoms with Crippen molar-refractivity contribution >= 4 is 0 Å². The van der Waals surface area contributed by atoms with Crippen LogP contribution in [0.1, 0.15) is 24.6 Å². The van der Waals surface area contributed by atoms with E-state index in [-0.39, 0.29) is 0 Å². The second-order valence-corrected chi connectivity index (χ2v) is 4.31. The molecule has 0 aromatic carbocycles. The van der Waals surface area contributed by atoms with E-state index in [2.05, 4.69) is 27.3 Å². The fourth-order valence-corrected chi connectivity index (χ4v) is 2.40. The minimum absolute atomic E-state index is 0.575. The molecule has 1 saturated heterocycles.